The van der Waals surface area contributed by atoms with E-state index in [-0.39, 0.29) is 5.69 Å². The normalized spacial score (nSPS) is 10.6. The van der Waals surface area contributed by atoms with E-state index in [1.54, 1.807) is 23.5 Å². The minimum absolute atomic E-state index is 0.156. The highest BCUT2D eigenvalue weighted by atomic mass is 32.2. The van der Waals surface area contributed by atoms with Crippen LogP contribution in [0.3, 0.4) is 0 Å². The third kappa shape index (κ3) is 4.69. The summed E-state index contributed by atoms with van der Waals surface area (Å²) in [6, 6.07) is 10.3. The predicted octanol–water partition coefficient (Wildman–Crippen LogP) is 5.04. The lowest BCUT2D eigenvalue weighted by atomic mass is 10.2. The number of aromatic nitrogens is 1. The summed E-state index contributed by atoms with van der Waals surface area (Å²) in [4.78, 5) is 27.8. The van der Waals surface area contributed by atoms with E-state index in [2.05, 4.69) is 10.3 Å². The molecule has 0 aliphatic heterocycles. The maximum atomic E-state index is 13.4. The Balaban J connectivity index is 1.77. The van der Waals surface area contributed by atoms with Crippen molar-refractivity contribution in [2.24, 2.45) is 0 Å². The second-order valence-corrected chi connectivity index (χ2v) is 7.60. The second kappa shape index (κ2) is 8.28. The fourth-order valence-electron chi connectivity index (χ4n) is 2.34. The molecule has 6 nitrogen and oxygen atoms in total. The number of rotatable bonds is 6. The number of benzene rings is 2. The van der Waals surface area contributed by atoms with E-state index in [0.717, 1.165) is 27.7 Å². The number of carbonyl (C=O) groups excluding carboxylic acids is 1. The lowest BCUT2D eigenvalue weighted by molar-refractivity contribution is -0.387. The van der Waals surface area contributed by atoms with Gasteiger partial charge in [0, 0.05) is 27.8 Å². The molecule has 27 heavy (non-hydrogen) atoms. The summed E-state index contributed by atoms with van der Waals surface area (Å²) in [5.41, 5.74) is 0.839. The van der Waals surface area contributed by atoms with Crippen LogP contribution in [-0.2, 0) is 5.75 Å². The molecule has 0 aliphatic rings. The second-order valence-electron chi connectivity index (χ2n) is 5.52. The molecular formula is C18H14FN3O3S2. The molecule has 0 unspecified atom stereocenters. The Morgan fingerprint density at radius 2 is 2.11 bits per heavy atom. The largest absolute Gasteiger partial charge is 0.322 e. The third-order valence-electron chi connectivity index (χ3n) is 3.57. The summed E-state index contributed by atoms with van der Waals surface area (Å²) in [5, 5.41) is 16.4. The van der Waals surface area contributed by atoms with E-state index >= 15 is 0 Å². The number of hydrogen-bond acceptors (Lipinski definition) is 6. The first-order chi connectivity index (χ1) is 12.9. The Kier molecular flexibility index (Phi) is 5.82. The number of nitro benzene ring substituents is 1. The highest BCUT2D eigenvalue weighted by molar-refractivity contribution is 7.98. The average molecular weight is 403 g/mol. The fraction of sp³-hybridized carbons (Fsp3) is 0.111. The molecule has 0 saturated carbocycles. The van der Waals surface area contributed by atoms with Crippen molar-refractivity contribution in [2.75, 3.05) is 5.32 Å². The van der Waals surface area contributed by atoms with Gasteiger partial charge in [-0.3, -0.25) is 14.9 Å². The summed E-state index contributed by atoms with van der Waals surface area (Å²) in [7, 11) is 0. The van der Waals surface area contributed by atoms with Crippen LogP contribution in [0.1, 0.15) is 21.1 Å². The third-order valence-corrected chi connectivity index (χ3v) is 5.50. The van der Waals surface area contributed by atoms with Crippen molar-refractivity contribution in [1.29, 1.82) is 0 Å². The molecule has 0 radical (unpaired) electrons. The van der Waals surface area contributed by atoms with Crippen LogP contribution in [0.25, 0.3) is 0 Å². The van der Waals surface area contributed by atoms with Gasteiger partial charge >= 0.3 is 5.69 Å². The average Bonchev–Trinajstić information content (AvgIpc) is 3.07. The molecule has 3 rings (SSSR count). The maximum Gasteiger partial charge on any atom is 0.306 e. The number of aryl methyl sites for hydroxylation is 1. The van der Waals surface area contributed by atoms with Gasteiger partial charge in [-0.2, -0.15) is 4.39 Å². The van der Waals surface area contributed by atoms with Crippen molar-refractivity contribution >= 4 is 40.4 Å². The minimum Gasteiger partial charge on any atom is -0.322 e. The molecule has 2 aromatic carbocycles. The number of amides is 1. The van der Waals surface area contributed by atoms with Crippen molar-refractivity contribution in [2.45, 2.75) is 17.6 Å². The van der Waals surface area contributed by atoms with Crippen LogP contribution in [0.2, 0.25) is 0 Å². The summed E-state index contributed by atoms with van der Waals surface area (Å²) in [6.45, 7) is 1.93. The van der Waals surface area contributed by atoms with Crippen LogP contribution >= 0.6 is 23.1 Å². The molecular weight excluding hydrogens is 389 g/mol. The van der Waals surface area contributed by atoms with Crippen LogP contribution in [0.4, 0.5) is 15.8 Å². The molecule has 9 heteroatoms. The molecule has 3 aromatic rings. The Hall–Kier alpha value is -2.78. The fourth-order valence-corrected chi connectivity index (χ4v) is 4.00. The van der Waals surface area contributed by atoms with Crippen molar-refractivity contribution in [1.82, 2.24) is 4.98 Å². The van der Waals surface area contributed by atoms with Gasteiger partial charge in [0.1, 0.15) is 0 Å². The summed E-state index contributed by atoms with van der Waals surface area (Å²) in [5.74, 6) is -0.752. The van der Waals surface area contributed by atoms with Crippen LogP contribution in [-0.4, -0.2) is 15.8 Å². The van der Waals surface area contributed by atoms with Gasteiger partial charge in [-0.05, 0) is 31.2 Å². The van der Waals surface area contributed by atoms with Gasteiger partial charge in [0.15, 0.2) is 0 Å². The summed E-state index contributed by atoms with van der Waals surface area (Å²) < 4.78 is 13.4. The molecule has 0 aliphatic carbocycles. The molecule has 0 fully saturated rings. The lowest BCUT2D eigenvalue weighted by Gasteiger charge is -2.09. The molecule has 0 atom stereocenters. The van der Waals surface area contributed by atoms with Crippen LogP contribution in [0, 0.1) is 22.9 Å². The van der Waals surface area contributed by atoms with E-state index in [4.69, 9.17) is 0 Å². The molecule has 1 heterocycles. The first-order valence-electron chi connectivity index (χ1n) is 7.82. The van der Waals surface area contributed by atoms with Gasteiger partial charge in [0.2, 0.25) is 5.82 Å². The highest BCUT2D eigenvalue weighted by Crippen LogP contribution is 2.28. The number of nitrogens with zero attached hydrogens (tertiary/aromatic N) is 2. The highest BCUT2D eigenvalue weighted by Gasteiger charge is 2.17. The van der Waals surface area contributed by atoms with Crippen LogP contribution in [0.5, 0.6) is 0 Å². The van der Waals surface area contributed by atoms with Crippen molar-refractivity contribution in [3.8, 4) is 0 Å². The molecule has 0 spiro atoms. The van der Waals surface area contributed by atoms with E-state index in [1.165, 1.54) is 17.8 Å². The van der Waals surface area contributed by atoms with E-state index in [1.807, 2.05) is 24.4 Å². The van der Waals surface area contributed by atoms with Gasteiger partial charge in [-0.15, -0.1) is 23.1 Å². The van der Waals surface area contributed by atoms with E-state index < -0.39 is 22.3 Å². The molecule has 1 amide bonds. The monoisotopic (exact) mass is 403 g/mol. The van der Waals surface area contributed by atoms with E-state index in [9.17, 15) is 19.3 Å². The zero-order valence-electron chi connectivity index (χ0n) is 14.1. The van der Waals surface area contributed by atoms with Gasteiger partial charge in [-0.25, -0.2) is 4.98 Å². The van der Waals surface area contributed by atoms with Crippen molar-refractivity contribution in [3.05, 3.63) is 80.0 Å². The zero-order valence-corrected chi connectivity index (χ0v) is 15.8. The standard InChI is InChI=1S/C18H14FN3O3S2/c1-11-20-13(9-26-11)10-27-17-5-3-2-4-14(17)18(23)21-12-6-7-15(19)16(8-12)22(24)25/h2-9H,10H2,1H3,(H,21,23). The molecule has 0 saturated heterocycles. The Labute approximate surface area is 162 Å². The number of hydrogen-bond donors (Lipinski definition) is 1. The van der Waals surface area contributed by atoms with E-state index in [0.29, 0.717) is 11.3 Å². The zero-order chi connectivity index (χ0) is 19.4. The summed E-state index contributed by atoms with van der Waals surface area (Å²) in [6.07, 6.45) is 0. The molecule has 1 N–H and O–H groups in total. The van der Waals surface area contributed by atoms with Crippen LogP contribution in [0.15, 0.2) is 52.7 Å². The summed E-state index contributed by atoms with van der Waals surface area (Å²) >= 11 is 3.05. The maximum absolute atomic E-state index is 13.4. The first kappa shape index (κ1) is 19.0. The quantitative estimate of drug-likeness (QED) is 0.354. The lowest BCUT2D eigenvalue weighted by Crippen LogP contribution is -2.13. The number of carbonyl (C=O) groups is 1. The van der Waals surface area contributed by atoms with Gasteiger partial charge in [0.25, 0.3) is 5.91 Å². The van der Waals surface area contributed by atoms with Crippen molar-refractivity contribution in [3.63, 3.8) is 0 Å². The first-order valence-corrected chi connectivity index (χ1v) is 9.68. The van der Waals surface area contributed by atoms with Gasteiger partial charge in [-0.1, -0.05) is 12.1 Å². The number of halogens is 1. The number of nitro groups is 1. The SMILES string of the molecule is Cc1nc(CSc2ccccc2C(=O)Nc2ccc(F)c([N+](=O)[O-])c2)cs1. The van der Waals surface area contributed by atoms with Crippen LogP contribution < -0.4 is 5.32 Å². The van der Waals surface area contributed by atoms with Gasteiger partial charge in [0.05, 0.1) is 21.2 Å². The minimum atomic E-state index is -0.951. The topological polar surface area (TPSA) is 85.1 Å². The Morgan fingerprint density at radius 3 is 2.81 bits per heavy atom. The Morgan fingerprint density at radius 1 is 1.33 bits per heavy atom. The predicted molar refractivity (Wildman–Crippen MR) is 104 cm³/mol. The Bertz CT molecular complexity index is 1010. The number of thiazole rings is 1. The van der Waals surface area contributed by atoms with Crippen molar-refractivity contribution < 1.29 is 14.1 Å². The smallest absolute Gasteiger partial charge is 0.306 e. The number of nitrogens with one attached hydrogen (secondary N) is 1. The molecule has 1 aromatic heterocycles. The molecule has 138 valence electrons. The number of thioether (sulfide) groups is 1. The van der Waals surface area contributed by atoms with Gasteiger partial charge < -0.3 is 5.32 Å². The number of anilines is 1. The molecule has 0 bridgehead atoms.